The van der Waals surface area contributed by atoms with Crippen LogP contribution in [0.15, 0.2) is 30.3 Å². The number of rotatable bonds is 6. The Hall–Kier alpha value is -2.54. The van der Waals surface area contributed by atoms with Crippen LogP contribution in [0.2, 0.25) is 0 Å². The molecule has 2 heterocycles. The van der Waals surface area contributed by atoms with Crippen LogP contribution < -0.4 is 5.32 Å². The first-order valence-corrected chi connectivity index (χ1v) is 9.41. The lowest BCUT2D eigenvalue weighted by Crippen LogP contribution is -2.48. The zero-order chi connectivity index (χ0) is 19.2. The zero-order valence-electron chi connectivity index (χ0n) is 15.9. The lowest BCUT2D eigenvalue weighted by atomic mass is 10.1. The predicted octanol–water partition coefficient (Wildman–Crippen LogP) is 2.36. The van der Waals surface area contributed by atoms with Crippen molar-refractivity contribution in [1.29, 1.82) is 0 Å². The van der Waals surface area contributed by atoms with E-state index in [9.17, 15) is 9.18 Å². The second-order valence-electron chi connectivity index (χ2n) is 6.68. The van der Waals surface area contributed by atoms with Crippen LogP contribution in [0.1, 0.15) is 28.8 Å². The van der Waals surface area contributed by atoms with E-state index < -0.39 is 0 Å². The van der Waals surface area contributed by atoms with Crippen molar-refractivity contribution in [2.45, 2.75) is 20.3 Å². The maximum Gasteiger partial charge on any atom is 0.272 e. The average Bonchev–Trinajstić information content (AvgIpc) is 2.68. The minimum atomic E-state index is -0.208. The summed E-state index contributed by atoms with van der Waals surface area (Å²) in [6.45, 7) is 8.64. The molecule has 7 heteroatoms. The molecule has 6 nitrogen and oxygen atoms in total. The third kappa shape index (κ3) is 5.01. The molecule has 0 radical (unpaired) electrons. The lowest BCUT2D eigenvalue weighted by Gasteiger charge is -2.33. The second-order valence-corrected chi connectivity index (χ2v) is 6.68. The van der Waals surface area contributed by atoms with Gasteiger partial charge in [0.2, 0.25) is 0 Å². The summed E-state index contributed by atoms with van der Waals surface area (Å²) in [7, 11) is 0. The highest BCUT2D eigenvalue weighted by Gasteiger charge is 2.23. The monoisotopic (exact) mass is 371 g/mol. The highest BCUT2D eigenvalue weighted by molar-refractivity contribution is 5.93. The molecule has 1 aliphatic rings. The summed E-state index contributed by atoms with van der Waals surface area (Å²) in [6, 6.07) is 8.41. The van der Waals surface area contributed by atoms with Gasteiger partial charge >= 0.3 is 0 Å². The minimum Gasteiger partial charge on any atom is -0.370 e. The van der Waals surface area contributed by atoms with E-state index in [1.54, 1.807) is 25.1 Å². The van der Waals surface area contributed by atoms with E-state index in [1.807, 2.05) is 11.0 Å². The molecule has 1 fully saturated rings. The van der Waals surface area contributed by atoms with Crippen molar-refractivity contribution >= 4 is 11.7 Å². The Labute approximate surface area is 159 Å². The van der Waals surface area contributed by atoms with Crippen LogP contribution in [0, 0.1) is 12.7 Å². The van der Waals surface area contributed by atoms with Gasteiger partial charge in [-0.15, -0.1) is 0 Å². The zero-order valence-corrected chi connectivity index (χ0v) is 15.9. The minimum absolute atomic E-state index is 0.0617. The number of nitrogens with zero attached hydrogens (tertiary/aromatic N) is 4. The summed E-state index contributed by atoms with van der Waals surface area (Å²) >= 11 is 0. The van der Waals surface area contributed by atoms with Crippen LogP contribution in [0.25, 0.3) is 0 Å². The smallest absolute Gasteiger partial charge is 0.272 e. The van der Waals surface area contributed by atoms with E-state index in [0.29, 0.717) is 49.0 Å². The number of piperazine rings is 1. The number of amides is 1. The van der Waals surface area contributed by atoms with Gasteiger partial charge < -0.3 is 15.1 Å². The summed E-state index contributed by atoms with van der Waals surface area (Å²) in [4.78, 5) is 25.6. The fraction of sp³-hybridized carbons (Fsp3) is 0.450. The molecule has 0 bridgehead atoms. The molecule has 1 N–H and O–H groups in total. The van der Waals surface area contributed by atoms with Crippen molar-refractivity contribution in [2.24, 2.45) is 0 Å². The van der Waals surface area contributed by atoms with Crippen molar-refractivity contribution in [2.75, 3.05) is 44.6 Å². The number of anilines is 1. The van der Waals surface area contributed by atoms with E-state index in [4.69, 9.17) is 0 Å². The number of carbonyl (C=O) groups excluding carboxylic acids is 1. The Morgan fingerprint density at radius 2 is 1.93 bits per heavy atom. The average molecular weight is 371 g/mol. The first kappa shape index (κ1) is 19.2. The standard InChI is InChI=1S/C20H26FN5O/c1-3-25-10-12-26(13-11-25)20(27)18-14-19(24-15(2)23-18)22-9-8-16-6-4-5-7-17(16)21/h4-7,14H,3,8-13H2,1-2H3,(H,22,23,24). The molecular formula is C20H26FN5O. The molecule has 2 aromatic rings. The fourth-order valence-electron chi connectivity index (χ4n) is 3.22. The highest BCUT2D eigenvalue weighted by atomic mass is 19.1. The fourth-order valence-corrected chi connectivity index (χ4v) is 3.22. The van der Waals surface area contributed by atoms with Gasteiger partial charge in [-0.25, -0.2) is 14.4 Å². The first-order valence-electron chi connectivity index (χ1n) is 9.41. The number of aryl methyl sites for hydroxylation is 1. The topological polar surface area (TPSA) is 61.4 Å². The molecule has 1 saturated heterocycles. The van der Waals surface area contributed by atoms with Crippen molar-refractivity contribution in [1.82, 2.24) is 19.8 Å². The molecule has 0 atom stereocenters. The van der Waals surface area contributed by atoms with Gasteiger partial charge in [-0.1, -0.05) is 25.1 Å². The Morgan fingerprint density at radius 1 is 1.19 bits per heavy atom. The molecule has 1 aromatic heterocycles. The van der Waals surface area contributed by atoms with Gasteiger partial charge in [-0.2, -0.15) is 0 Å². The number of halogens is 1. The molecule has 3 rings (SSSR count). The quantitative estimate of drug-likeness (QED) is 0.845. The molecule has 1 amide bonds. The lowest BCUT2D eigenvalue weighted by molar-refractivity contribution is 0.0637. The van der Waals surface area contributed by atoms with Crippen LogP contribution in [0.4, 0.5) is 10.2 Å². The number of benzene rings is 1. The van der Waals surface area contributed by atoms with Crippen LogP contribution in [-0.2, 0) is 6.42 Å². The molecule has 0 aliphatic carbocycles. The van der Waals surface area contributed by atoms with Crippen molar-refractivity contribution in [3.8, 4) is 0 Å². The SMILES string of the molecule is CCN1CCN(C(=O)c2cc(NCCc3ccccc3F)nc(C)n2)CC1. The van der Waals surface area contributed by atoms with E-state index in [-0.39, 0.29) is 11.7 Å². The number of nitrogens with one attached hydrogen (secondary N) is 1. The Kier molecular flexibility index (Phi) is 6.34. The molecule has 1 aromatic carbocycles. The number of aromatic nitrogens is 2. The largest absolute Gasteiger partial charge is 0.370 e. The molecule has 0 saturated carbocycles. The highest BCUT2D eigenvalue weighted by Crippen LogP contribution is 2.12. The van der Waals surface area contributed by atoms with Gasteiger partial charge in [0.05, 0.1) is 0 Å². The molecule has 27 heavy (non-hydrogen) atoms. The Bertz CT molecular complexity index is 790. The Balaban J connectivity index is 1.62. The third-order valence-electron chi connectivity index (χ3n) is 4.82. The van der Waals surface area contributed by atoms with E-state index >= 15 is 0 Å². The predicted molar refractivity (Wildman–Crippen MR) is 103 cm³/mol. The summed E-state index contributed by atoms with van der Waals surface area (Å²) in [5, 5.41) is 3.18. The number of hydrogen-bond acceptors (Lipinski definition) is 5. The number of carbonyl (C=O) groups is 1. The molecule has 0 spiro atoms. The molecule has 0 unspecified atom stereocenters. The van der Waals surface area contributed by atoms with Crippen molar-refractivity contribution in [3.63, 3.8) is 0 Å². The van der Waals surface area contributed by atoms with Crippen molar-refractivity contribution < 1.29 is 9.18 Å². The molecule has 144 valence electrons. The van der Waals surface area contributed by atoms with Crippen LogP contribution in [0.5, 0.6) is 0 Å². The molecule has 1 aliphatic heterocycles. The summed E-state index contributed by atoms with van der Waals surface area (Å²) in [5.41, 5.74) is 1.06. The van der Waals surface area contributed by atoms with Gasteiger partial charge in [0.1, 0.15) is 23.2 Å². The van der Waals surface area contributed by atoms with Gasteiger partial charge in [-0.3, -0.25) is 4.79 Å². The molecular weight excluding hydrogens is 345 g/mol. The number of hydrogen-bond donors (Lipinski definition) is 1. The maximum atomic E-state index is 13.7. The second kappa shape index (κ2) is 8.90. The van der Waals surface area contributed by atoms with Gasteiger partial charge in [-0.05, 0) is 31.5 Å². The van der Waals surface area contributed by atoms with Gasteiger partial charge in [0.25, 0.3) is 5.91 Å². The van der Waals surface area contributed by atoms with Crippen LogP contribution >= 0.6 is 0 Å². The van der Waals surface area contributed by atoms with Crippen LogP contribution in [0.3, 0.4) is 0 Å². The third-order valence-corrected chi connectivity index (χ3v) is 4.82. The summed E-state index contributed by atoms with van der Waals surface area (Å²) < 4.78 is 13.7. The van der Waals surface area contributed by atoms with E-state index in [0.717, 1.165) is 19.6 Å². The van der Waals surface area contributed by atoms with Gasteiger partial charge in [0, 0.05) is 38.8 Å². The first-order chi connectivity index (χ1) is 13.1. The van der Waals surface area contributed by atoms with Crippen LogP contribution in [-0.4, -0.2) is 64.9 Å². The van der Waals surface area contributed by atoms with Crippen molar-refractivity contribution in [3.05, 3.63) is 53.2 Å². The summed E-state index contributed by atoms with van der Waals surface area (Å²) in [6.07, 6.45) is 0.540. The maximum absolute atomic E-state index is 13.7. The Morgan fingerprint density at radius 3 is 2.63 bits per heavy atom. The van der Waals surface area contributed by atoms with E-state index in [1.165, 1.54) is 6.07 Å². The van der Waals surface area contributed by atoms with E-state index in [2.05, 4.69) is 27.1 Å². The van der Waals surface area contributed by atoms with Gasteiger partial charge in [0.15, 0.2) is 0 Å². The normalized spacial score (nSPS) is 15.0. The number of likely N-dealkylation sites (N-methyl/N-ethyl adjacent to an activating group) is 1. The summed E-state index contributed by atoms with van der Waals surface area (Å²) in [5.74, 6) is 0.865.